The Kier molecular flexibility index (Phi) is 6.54. The average molecular weight is 518 g/mol. The number of hydrogen-bond acceptors (Lipinski definition) is 6. The van der Waals surface area contributed by atoms with Crippen LogP contribution < -0.4 is 4.74 Å². The number of thioether (sulfide) groups is 1. The van der Waals surface area contributed by atoms with Crippen LogP contribution in [0.4, 0.5) is 0 Å². The van der Waals surface area contributed by atoms with Gasteiger partial charge >= 0.3 is 5.97 Å². The van der Waals surface area contributed by atoms with Crippen molar-refractivity contribution in [2.75, 3.05) is 7.11 Å². The molecule has 0 aliphatic rings. The van der Waals surface area contributed by atoms with Gasteiger partial charge in [-0.25, -0.2) is 4.79 Å². The number of nitrogens with zero attached hydrogens (tertiary/aromatic N) is 2. The Labute approximate surface area is 215 Å². The van der Waals surface area contributed by atoms with Crippen LogP contribution in [0.15, 0.2) is 81.3 Å². The summed E-state index contributed by atoms with van der Waals surface area (Å²) >= 11 is 7.00. The number of para-hydroxylation sites is 1. The van der Waals surface area contributed by atoms with Crippen molar-refractivity contribution in [3.63, 3.8) is 0 Å². The third kappa shape index (κ3) is 4.60. The molecule has 9 heteroatoms. The van der Waals surface area contributed by atoms with E-state index < -0.39 is 5.97 Å². The summed E-state index contributed by atoms with van der Waals surface area (Å²) in [5.41, 5.74) is 5.07. The van der Waals surface area contributed by atoms with E-state index in [0.717, 1.165) is 45.0 Å². The number of aromatic amines is 1. The normalized spacial score (nSPS) is 11.7. The first-order chi connectivity index (χ1) is 17.4. The van der Waals surface area contributed by atoms with Crippen LogP contribution in [0.1, 0.15) is 11.1 Å². The van der Waals surface area contributed by atoms with Gasteiger partial charge in [-0.1, -0.05) is 60.1 Å². The molecule has 2 aromatic heterocycles. The van der Waals surface area contributed by atoms with Gasteiger partial charge in [0.05, 0.1) is 18.4 Å². The lowest BCUT2D eigenvalue weighted by molar-refractivity contribution is -0.131. The maximum atomic E-state index is 12.3. The van der Waals surface area contributed by atoms with Gasteiger partial charge in [0.2, 0.25) is 0 Å². The molecule has 0 spiro atoms. The Balaban J connectivity index is 1.58. The standard InChI is InChI=1S/C27H20ClN3O4S/c1-15-7-6-10-18-19(24(29-23(15)18)16-8-4-3-5-9-16)14-22(26(32)33)36-27-31-30-25(35-27)20-13-17(28)11-12-21(20)34-2/h3-14,29H,1-2H3,(H,32,33)/b22-14-. The lowest BCUT2D eigenvalue weighted by atomic mass is 10.0. The molecular formula is C27H20ClN3O4S. The third-order valence-electron chi connectivity index (χ3n) is 5.63. The molecule has 0 radical (unpaired) electrons. The second-order valence-electron chi connectivity index (χ2n) is 7.91. The van der Waals surface area contributed by atoms with Crippen LogP contribution in [0.5, 0.6) is 5.75 Å². The van der Waals surface area contributed by atoms with Crippen LogP contribution in [0.2, 0.25) is 5.02 Å². The molecule has 180 valence electrons. The van der Waals surface area contributed by atoms with Gasteiger partial charge in [-0.15, -0.1) is 10.2 Å². The van der Waals surface area contributed by atoms with Gasteiger partial charge in [-0.05, 0) is 54.1 Å². The first kappa shape index (κ1) is 23.7. The SMILES string of the molecule is COc1ccc(Cl)cc1-c1nnc(S/C(=C\c2c(-c3ccccc3)[nH]c3c(C)cccc23)C(=O)O)o1. The van der Waals surface area contributed by atoms with Crippen molar-refractivity contribution in [1.29, 1.82) is 0 Å². The number of rotatable bonds is 7. The van der Waals surface area contributed by atoms with Crippen molar-refractivity contribution in [3.8, 4) is 28.5 Å². The quantitative estimate of drug-likeness (QED) is 0.176. The topological polar surface area (TPSA) is 101 Å². The minimum absolute atomic E-state index is 0.0304. The molecule has 5 rings (SSSR count). The van der Waals surface area contributed by atoms with Crippen molar-refractivity contribution < 1.29 is 19.1 Å². The predicted octanol–water partition coefficient (Wildman–Crippen LogP) is 7.07. The van der Waals surface area contributed by atoms with E-state index in [1.54, 1.807) is 24.3 Å². The summed E-state index contributed by atoms with van der Waals surface area (Å²) in [7, 11) is 1.53. The number of aliphatic carboxylic acids is 1. The van der Waals surface area contributed by atoms with Crippen molar-refractivity contribution >= 4 is 46.3 Å². The lowest BCUT2D eigenvalue weighted by Crippen LogP contribution is -1.97. The van der Waals surface area contributed by atoms with Crippen LogP contribution in [-0.2, 0) is 4.79 Å². The van der Waals surface area contributed by atoms with E-state index in [1.165, 1.54) is 7.11 Å². The Morgan fingerprint density at radius 2 is 1.92 bits per heavy atom. The molecular weight excluding hydrogens is 498 g/mol. The number of carboxylic acid groups (broad SMARTS) is 1. The molecule has 0 aliphatic carbocycles. The average Bonchev–Trinajstić information content (AvgIpc) is 3.50. The summed E-state index contributed by atoms with van der Waals surface area (Å²) in [5.74, 6) is -0.425. The highest BCUT2D eigenvalue weighted by Crippen LogP contribution is 2.38. The molecule has 7 nitrogen and oxygen atoms in total. The van der Waals surface area contributed by atoms with Crippen molar-refractivity contribution in [2.45, 2.75) is 12.1 Å². The largest absolute Gasteiger partial charge is 0.496 e. The number of fused-ring (bicyclic) bond motifs is 1. The molecule has 0 saturated heterocycles. The molecule has 0 bridgehead atoms. The molecule has 2 N–H and O–H groups in total. The van der Waals surface area contributed by atoms with Crippen molar-refractivity contribution in [2.24, 2.45) is 0 Å². The van der Waals surface area contributed by atoms with Gasteiger partial charge in [0.1, 0.15) is 10.7 Å². The molecule has 2 heterocycles. The Bertz CT molecular complexity index is 1610. The number of carboxylic acids is 1. The number of hydrogen-bond donors (Lipinski definition) is 2. The summed E-state index contributed by atoms with van der Waals surface area (Å²) in [4.78, 5) is 15.8. The van der Waals surface area contributed by atoms with Crippen LogP contribution in [-0.4, -0.2) is 33.4 Å². The number of benzene rings is 3. The van der Waals surface area contributed by atoms with Crippen LogP contribution in [0.3, 0.4) is 0 Å². The molecule has 36 heavy (non-hydrogen) atoms. The summed E-state index contributed by atoms with van der Waals surface area (Å²) in [6, 6.07) is 20.8. The summed E-state index contributed by atoms with van der Waals surface area (Å²) in [5, 5.41) is 19.6. The highest BCUT2D eigenvalue weighted by Gasteiger charge is 2.20. The van der Waals surface area contributed by atoms with E-state index in [2.05, 4.69) is 15.2 Å². The maximum absolute atomic E-state index is 12.3. The maximum Gasteiger partial charge on any atom is 0.342 e. The predicted molar refractivity (Wildman–Crippen MR) is 141 cm³/mol. The van der Waals surface area contributed by atoms with E-state index in [1.807, 2.05) is 55.5 Å². The van der Waals surface area contributed by atoms with Gasteiger partial charge in [-0.3, -0.25) is 0 Å². The number of H-pyrrole nitrogens is 1. The first-order valence-corrected chi connectivity index (χ1v) is 12.1. The number of methoxy groups -OCH3 is 1. The third-order valence-corrected chi connectivity index (χ3v) is 6.71. The fourth-order valence-corrected chi connectivity index (χ4v) is 4.76. The van der Waals surface area contributed by atoms with E-state index in [-0.39, 0.29) is 16.0 Å². The van der Waals surface area contributed by atoms with Crippen LogP contribution >= 0.6 is 23.4 Å². The van der Waals surface area contributed by atoms with Crippen molar-refractivity contribution in [1.82, 2.24) is 15.2 Å². The first-order valence-electron chi connectivity index (χ1n) is 10.9. The zero-order valence-corrected chi connectivity index (χ0v) is 20.9. The highest BCUT2D eigenvalue weighted by molar-refractivity contribution is 8.03. The van der Waals surface area contributed by atoms with Gasteiger partial charge in [0, 0.05) is 21.5 Å². The van der Waals surface area contributed by atoms with Crippen molar-refractivity contribution in [3.05, 3.63) is 87.8 Å². The second kappa shape index (κ2) is 9.93. The molecule has 0 aliphatic heterocycles. The molecule has 0 unspecified atom stereocenters. The number of aromatic nitrogens is 3. The Morgan fingerprint density at radius 1 is 1.11 bits per heavy atom. The van der Waals surface area contributed by atoms with Gasteiger partial charge in [0.25, 0.3) is 11.1 Å². The number of ether oxygens (including phenoxy) is 1. The number of halogens is 1. The highest BCUT2D eigenvalue weighted by atomic mass is 35.5. The number of aryl methyl sites for hydroxylation is 1. The molecule has 0 amide bonds. The monoisotopic (exact) mass is 517 g/mol. The van der Waals surface area contributed by atoms with Gasteiger partial charge < -0.3 is 19.2 Å². The molecule has 3 aromatic carbocycles. The molecule has 0 atom stereocenters. The second-order valence-corrected chi connectivity index (χ2v) is 9.34. The Hall–Kier alpha value is -4.01. The van der Waals surface area contributed by atoms with Crippen LogP contribution in [0, 0.1) is 6.92 Å². The summed E-state index contributed by atoms with van der Waals surface area (Å²) in [6.45, 7) is 2.01. The summed E-state index contributed by atoms with van der Waals surface area (Å²) in [6.07, 6.45) is 1.64. The van der Waals surface area contributed by atoms with E-state index in [0.29, 0.717) is 16.3 Å². The van der Waals surface area contributed by atoms with Crippen LogP contribution in [0.25, 0.3) is 39.7 Å². The smallest absolute Gasteiger partial charge is 0.342 e. The lowest BCUT2D eigenvalue weighted by Gasteiger charge is -2.05. The van der Waals surface area contributed by atoms with Gasteiger partial charge in [-0.2, -0.15) is 0 Å². The Morgan fingerprint density at radius 3 is 2.67 bits per heavy atom. The van der Waals surface area contributed by atoms with E-state index in [9.17, 15) is 9.90 Å². The molecule has 5 aromatic rings. The molecule has 0 fully saturated rings. The fourth-order valence-electron chi connectivity index (χ4n) is 3.93. The summed E-state index contributed by atoms with van der Waals surface area (Å²) < 4.78 is 11.1. The van der Waals surface area contributed by atoms with E-state index in [4.69, 9.17) is 20.8 Å². The minimum Gasteiger partial charge on any atom is -0.496 e. The van der Waals surface area contributed by atoms with E-state index >= 15 is 0 Å². The fraction of sp³-hybridized carbons (Fsp3) is 0.0741. The molecule has 0 saturated carbocycles. The zero-order chi connectivity index (χ0) is 25.2. The van der Waals surface area contributed by atoms with Gasteiger partial charge in [0.15, 0.2) is 0 Å². The minimum atomic E-state index is -1.11. The zero-order valence-electron chi connectivity index (χ0n) is 19.3. The number of nitrogens with one attached hydrogen (secondary N) is 1. The number of carbonyl (C=O) groups is 1.